The monoisotopic (exact) mass is 373 g/mol. The first-order valence-electron chi connectivity index (χ1n) is 10.4. The minimum absolute atomic E-state index is 0.0319. The number of benzene rings is 1. The molecule has 1 fully saturated rings. The van der Waals surface area contributed by atoms with Crippen LogP contribution in [0.2, 0.25) is 0 Å². The van der Waals surface area contributed by atoms with Gasteiger partial charge in [-0.1, -0.05) is 56.9 Å². The van der Waals surface area contributed by atoms with Crippen LogP contribution in [0.5, 0.6) is 0 Å². The molecule has 1 atom stereocenters. The number of carbonyl (C=O) groups is 1. The summed E-state index contributed by atoms with van der Waals surface area (Å²) in [6.07, 6.45) is 6.39. The fraction of sp³-hybridized carbons (Fsp3) is 0.682. The average molecular weight is 373 g/mol. The van der Waals surface area contributed by atoms with Crippen molar-refractivity contribution in [2.75, 3.05) is 0 Å². The lowest BCUT2D eigenvalue weighted by Gasteiger charge is -2.32. The summed E-state index contributed by atoms with van der Waals surface area (Å²) in [5.74, 6) is 0.125. The SMILES string of the molecule is CCCCCCCC(=O)NC(C)c1cccc(B2OC(C)(C)C(C)(C)O2)c1. The summed E-state index contributed by atoms with van der Waals surface area (Å²) >= 11 is 0. The molecule has 0 radical (unpaired) electrons. The molecule has 0 bridgehead atoms. The fourth-order valence-corrected chi connectivity index (χ4v) is 3.24. The predicted molar refractivity (Wildman–Crippen MR) is 112 cm³/mol. The van der Waals surface area contributed by atoms with Gasteiger partial charge in [-0.05, 0) is 52.1 Å². The van der Waals surface area contributed by atoms with E-state index in [0.717, 1.165) is 23.9 Å². The van der Waals surface area contributed by atoms with Gasteiger partial charge in [-0.25, -0.2) is 0 Å². The van der Waals surface area contributed by atoms with Crippen molar-refractivity contribution in [1.82, 2.24) is 5.32 Å². The second kappa shape index (κ2) is 9.25. The quantitative estimate of drug-likeness (QED) is 0.511. The minimum Gasteiger partial charge on any atom is -0.399 e. The molecular formula is C22H36BNO3. The lowest BCUT2D eigenvalue weighted by molar-refractivity contribution is -0.121. The highest BCUT2D eigenvalue weighted by Crippen LogP contribution is 2.36. The molecule has 1 amide bonds. The number of rotatable bonds is 9. The van der Waals surface area contributed by atoms with Crippen LogP contribution in [-0.2, 0) is 14.1 Å². The van der Waals surface area contributed by atoms with Crippen molar-refractivity contribution in [1.29, 1.82) is 0 Å². The Bertz CT molecular complexity index is 614. The minimum atomic E-state index is -0.378. The van der Waals surface area contributed by atoms with Crippen LogP contribution in [0.25, 0.3) is 0 Å². The van der Waals surface area contributed by atoms with Crippen LogP contribution in [-0.4, -0.2) is 24.2 Å². The van der Waals surface area contributed by atoms with Crippen molar-refractivity contribution in [3.63, 3.8) is 0 Å². The first-order chi connectivity index (χ1) is 12.7. The van der Waals surface area contributed by atoms with E-state index in [4.69, 9.17) is 9.31 Å². The molecule has 2 rings (SSSR count). The molecule has 1 aromatic rings. The fourth-order valence-electron chi connectivity index (χ4n) is 3.24. The Hall–Kier alpha value is -1.33. The van der Waals surface area contributed by atoms with Gasteiger partial charge in [-0.3, -0.25) is 4.79 Å². The number of carbonyl (C=O) groups excluding carboxylic acids is 1. The summed E-state index contributed by atoms with van der Waals surface area (Å²) in [6.45, 7) is 12.4. The third-order valence-electron chi connectivity index (χ3n) is 5.82. The van der Waals surface area contributed by atoms with Gasteiger partial charge in [0.1, 0.15) is 0 Å². The number of hydrogen-bond donors (Lipinski definition) is 1. The Kier molecular flexibility index (Phi) is 7.52. The van der Waals surface area contributed by atoms with Gasteiger partial charge in [0.05, 0.1) is 17.2 Å². The molecule has 5 heteroatoms. The molecule has 1 aromatic carbocycles. The van der Waals surface area contributed by atoms with E-state index < -0.39 is 0 Å². The second-order valence-corrected chi connectivity index (χ2v) is 8.71. The van der Waals surface area contributed by atoms with Crippen LogP contribution in [0.4, 0.5) is 0 Å². The van der Waals surface area contributed by atoms with Crippen molar-refractivity contribution in [2.24, 2.45) is 0 Å². The van der Waals surface area contributed by atoms with E-state index in [0.29, 0.717) is 6.42 Å². The molecule has 1 heterocycles. The maximum Gasteiger partial charge on any atom is 0.494 e. The standard InChI is InChI=1S/C22H36BNO3/c1-7-8-9-10-11-15-20(25)24-17(2)18-13-12-14-19(16-18)23-26-21(3,4)22(5,6)27-23/h12-14,16-17H,7-11,15H2,1-6H3,(H,24,25). The molecule has 0 aliphatic carbocycles. The Morgan fingerprint density at radius 2 is 1.70 bits per heavy atom. The van der Waals surface area contributed by atoms with E-state index in [9.17, 15) is 4.79 Å². The zero-order valence-corrected chi connectivity index (χ0v) is 17.9. The first-order valence-corrected chi connectivity index (χ1v) is 10.4. The van der Waals surface area contributed by atoms with Gasteiger partial charge in [-0.15, -0.1) is 0 Å². The molecule has 1 N–H and O–H groups in total. The van der Waals surface area contributed by atoms with E-state index in [1.807, 2.05) is 25.1 Å². The van der Waals surface area contributed by atoms with Crippen LogP contribution in [0.3, 0.4) is 0 Å². The van der Waals surface area contributed by atoms with E-state index in [-0.39, 0.29) is 30.3 Å². The first kappa shape index (κ1) is 22.0. The smallest absolute Gasteiger partial charge is 0.399 e. The highest BCUT2D eigenvalue weighted by molar-refractivity contribution is 6.62. The van der Waals surface area contributed by atoms with Gasteiger partial charge in [0.15, 0.2) is 0 Å². The molecule has 1 aliphatic rings. The number of hydrogen-bond acceptors (Lipinski definition) is 3. The zero-order valence-electron chi connectivity index (χ0n) is 17.9. The van der Waals surface area contributed by atoms with Crippen molar-refractivity contribution in [2.45, 2.75) is 97.3 Å². The lowest BCUT2D eigenvalue weighted by atomic mass is 9.78. The van der Waals surface area contributed by atoms with Gasteiger partial charge >= 0.3 is 7.12 Å². The normalized spacial score (nSPS) is 19.1. The highest BCUT2D eigenvalue weighted by atomic mass is 16.7. The topological polar surface area (TPSA) is 47.6 Å². The molecule has 0 saturated carbocycles. The van der Waals surface area contributed by atoms with E-state index in [2.05, 4.69) is 46.0 Å². The summed E-state index contributed by atoms with van der Waals surface area (Å²) in [7, 11) is -0.378. The number of nitrogens with one attached hydrogen (secondary N) is 1. The third-order valence-corrected chi connectivity index (χ3v) is 5.82. The summed E-state index contributed by atoms with van der Waals surface area (Å²) in [5.41, 5.74) is 1.35. The Morgan fingerprint density at radius 1 is 1.07 bits per heavy atom. The number of amides is 1. The molecule has 0 spiro atoms. The van der Waals surface area contributed by atoms with E-state index >= 15 is 0 Å². The summed E-state index contributed by atoms with van der Waals surface area (Å²) in [5, 5.41) is 3.12. The highest BCUT2D eigenvalue weighted by Gasteiger charge is 2.51. The maximum atomic E-state index is 12.2. The second-order valence-electron chi connectivity index (χ2n) is 8.71. The van der Waals surface area contributed by atoms with Crippen molar-refractivity contribution in [3.8, 4) is 0 Å². The molecular weight excluding hydrogens is 337 g/mol. The molecule has 1 saturated heterocycles. The van der Waals surface area contributed by atoms with Gasteiger partial charge in [0, 0.05) is 6.42 Å². The molecule has 150 valence electrons. The zero-order chi connectivity index (χ0) is 20.1. The summed E-state index contributed by atoms with van der Waals surface area (Å²) < 4.78 is 12.3. The summed E-state index contributed by atoms with van der Waals surface area (Å²) in [6, 6.07) is 8.11. The van der Waals surface area contributed by atoms with Crippen LogP contribution in [0.15, 0.2) is 24.3 Å². The van der Waals surface area contributed by atoms with Crippen molar-refractivity contribution < 1.29 is 14.1 Å². The van der Waals surface area contributed by atoms with Gasteiger partial charge in [0.2, 0.25) is 5.91 Å². The van der Waals surface area contributed by atoms with Crippen LogP contribution >= 0.6 is 0 Å². The Balaban J connectivity index is 1.92. The van der Waals surface area contributed by atoms with Crippen molar-refractivity contribution >= 4 is 18.5 Å². The van der Waals surface area contributed by atoms with Crippen LogP contribution in [0.1, 0.15) is 91.7 Å². The average Bonchev–Trinajstić information content (AvgIpc) is 2.82. The molecule has 0 aromatic heterocycles. The third kappa shape index (κ3) is 5.82. The Labute approximate surface area is 165 Å². The predicted octanol–water partition coefficient (Wildman–Crippen LogP) is 4.52. The summed E-state index contributed by atoms with van der Waals surface area (Å²) in [4.78, 5) is 12.2. The van der Waals surface area contributed by atoms with E-state index in [1.54, 1.807) is 0 Å². The molecule has 4 nitrogen and oxygen atoms in total. The molecule has 1 aliphatic heterocycles. The van der Waals surface area contributed by atoms with E-state index in [1.165, 1.54) is 19.3 Å². The van der Waals surface area contributed by atoms with Crippen LogP contribution < -0.4 is 10.8 Å². The van der Waals surface area contributed by atoms with Crippen LogP contribution in [0, 0.1) is 0 Å². The maximum absolute atomic E-state index is 12.2. The van der Waals surface area contributed by atoms with Gasteiger partial charge in [-0.2, -0.15) is 0 Å². The van der Waals surface area contributed by atoms with Gasteiger partial charge in [0.25, 0.3) is 0 Å². The Morgan fingerprint density at radius 3 is 2.33 bits per heavy atom. The van der Waals surface area contributed by atoms with Gasteiger partial charge < -0.3 is 14.6 Å². The lowest BCUT2D eigenvalue weighted by Crippen LogP contribution is -2.41. The molecule has 27 heavy (non-hydrogen) atoms. The largest absolute Gasteiger partial charge is 0.494 e. The number of unbranched alkanes of at least 4 members (excludes halogenated alkanes) is 4. The molecule has 1 unspecified atom stereocenters. The van der Waals surface area contributed by atoms with Crippen molar-refractivity contribution in [3.05, 3.63) is 29.8 Å².